The Hall–Kier alpha value is -2.02. The molecule has 2 aromatic heterocycles. The zero-order valence-electron chi connectivity index (χ0n) is 13.4. The van der Waals surface area contributed by atoms with Crippen LogP contribution in [0.5, 0.6) is 0 Å². The van der Waals surface area contributed by atoms with Gasteiger partial charge in [-0.05, 0) is 24.5 Å². The van der Waals surface area contributed by atoms with E-state index in [1.165, 1.54) is 11.8 Å². The number of nitrogens with one attached hydrogen (secondary N) is 1. The summed E-state index contributed by atoms with van der Waals surface area (Å²) in [6.45, 7) is 5.56. The number of aromatic nitrogens is 2. The van der Waals surface area contributed by atoms with Crippen LogP contribution in [0.15, 0.2) is 24.5 Å². The number of hydrogen-bond acceptors (Lipinski definition) is 4. The number of aliphatic carboxylic acids is 1. The molecule has 2 N–H and O–H groups in total. The number of imidazole rings is 1. The van der Waals surface area contributed by atoms with E-state index in [9.17, 15) is 9.59 Å². The highest BCUT2D eigenvalue weighted by Crippen LogP contribution is 2.14. The first kappa shape index (κ1) is 17.3. The molecular weight excluding hydrogens is 314 g/mol. The summed E-state index contributed by atoms with van der Waals surface area (Å²) in [4.78, 5) is 27.4. The average Bonchev–Trinajstić information content (AvgIpc) is 2.85. The minimum Gasteiger partial charge on any atom is -0.480 e. The molecule has 0 saturated carbocycles. The monoisotopic (exact) mass is 335 g/mol. The first-order valence-electron chi connectivity index (χ1n) is 7.41. The minimum atomic E-state index is -1.01. The van der Waals surface area contributed by atoms with Gasteiger partial charge in [0.2, 0.25) is 5.91 Å². The molecule has 0 unspecified atom stereocenters. The first-order valence-corrected chi connectivity index (χ1v) is 8.56. The molecule has 2 heterocycles. The molecule has 1 atom stereocenters. The zero-order valence-corrected chi connectivity index (χ0v) is 14.3. The average molecular weight is 335 g/mol. The Morgan fingerprint density at radius 1 is 1.35 bits per heavy atom. The Kier molecular flexibility index (Phi) is 5.65. The van der Waals surface area contributed by atoms with E-state index in [4.69, 9.17) is 5.11 Å². The standard InChI is InChI=1S/C16H21N3O3S/c1-10(2)15(16(21)22)18-14(20)9-23-8-12-7-19-6-11(3)4-5-13(19)17-12/h4-7,10,15H,8-9H2,1-3H3,(H,18,20)(H,21,22)/t15-/m1/s1. The number of nitrogens with zero attached hydrogens (tertiary/aromatic N) is 2. The van der Waals surface area contributed by atoms with Gasteiger partial charge in [-0.25, -0.2) is 9.78 Å². The largest absolute Gasteiger partial charge is 0.480 e. The maximum atomic E-state index is 11.8. The van der Waals surface area contributed by atoms with Gasteiger partial charge in [0.25, 0.3) is 0 Å². The van der Waals surface area contributed by atoms with E-state index in [0.29, 0.717) is 5.75 Å². The Labute approximate surface area is 139 Å². The van der Waals surface area contributed by atoms with Crippen LogP contribution in [0.1, 0.15) is 25.1 Å². The lowest BCUT2D eigenvalue weighted by Gasteiger charge is -2.17. The van der Waals surface area contributed by atoms with Gasteiger partial charge >= 0.3 is 5.97 Å². The first-order chi connectivity index (χ1) is 10.9. The molecule has 0 aromatic carbocycles. The van der Waals surface area contributed by atoms with E-state index in [1.807, 2.05) is 35.9 Å². The van der Waals surface area contributed by atoms with Crippen molar-refractivity contribution in [3.63, 3.8) is 0 Å². The summed E-state index contributed by atoms with van der Waals surface area (Å²) in [5, 5.41) is 11.6. The van der Waals surface area contributed by atoms with Crippen molar-refractivity contribution in [1.82, 2.24) is 14.7 Å². The van der Waals surface area contributed by atoms with Gasteiger partial charge in [-0.2, -0.15) is 0 Å². The summed E-state index contributed by atoms with van der Waals surface area (Å²) in [6.07, 6.45) is 3.95. The van der Waals surface area contributed by atoms with Crippen molar-refractivity contribution in [2.24, 2.45) is 5.92 Å². The minimum absolute atomic E-state index is 0.150. The molecule has 7 heteroatoms. The van der Waals surface area contributed by atoms with Crippen molar-refractivity contribution < 1.29 is 14.7 Å². The van der Waals surface area contributed by atoms with E-state index in [2.05, 4.69) is 10.3 Å². The highest BCUT2D eigenvalue weighted by atomic mass is 32.2. The third-order valence-electron chi connectivity index (χ3n) is 3.38. The third-order valence-corrected chi connectivity index (χ3v) is 4.35. The number of carbonyl (C=O) groups excluding carboxylic acids is 1. The number of carboxylic acids is 1. The maximum Gasteiger partial charge on any atom is 0.326 e. The molecule has 2 aromatic rings. The van der Waals surface area contributed by atoms with Gasteiger partial charge in [-0.1, -0.05) is 19.9 Å². The number of amides is 1. The topological polar surface area (TPSA) is 83.7 Å². The van der Waals surface area contributed by atoms with Gasteiger partial charge in [0, 0.05) is 18.1 Å². The molecule has 0 saturated heterocycles. The van der Waals surface area contributed by atoms with Crippen LogP contribution in [0.2, 0.25) is 0 Å². The van der Waals surface area contributed by atoms with Gasteiger partial charge in [-0.15, -0.1) is 11.8 Å². The summed E-state index contributed by atoms with van der Waals surface area (Å²) in [5.41, 5.74) is 2.93. The fourth-order valence-corrected chi connectivity index (χ4v) is 2.92. The quantitative estimate of drug-likeness (QED) is 0.809. The molecular formula is C16H21N3O3S. The van der Waals surface area contributed by atoms with Crippen LogP contribution in [0, 0.1) is 12.8 Å². The molecule has 0 aliphatic heterocycles. The fourth-order valence-electron chi connectivity index (χ4n) is 2.20. The van der Waals surface area contributed by atoms with Crippen LogP contribution in [0.25, 0.3) is 5.65 Å². The van der Waals surface area contributed by atoms with Crippen LogP contribution in [0.3, 0.4) is 0 Å². The van der Waals surface area contributed by atoms with Crippen LogP contribution >= 0.6 is 11.8 Å². The lowest BCUT2D eigenvalue weighted by molar-refractivity contribution is -0.142. The molecule has 0 radical (unpaired) electrons. The van der Waals surface area contributed by atoms with E-state index >= 15 is 0 Å². The lowest BCUT2D eigenvalue weighted by atomic mass is 10.1. The summed E-state index contributed by atoms with van der Waals surface area (Å²) >= 11 is 1.42. The highest BCUT2D eigenvalue weighted by Gasteiger charge is 2.23. The van der Waals surface area contributed by atoms with E-state index < -0.39 is 12.0 Å². The van der Waals surface area contributed by atoms with Crippen molar-refractivity contribution in [3.05, 3.63) is 35.8 Å². The van der Waals surface area contributed by atoms with Crippen molar-refractivity contribution in [2.75, 3.05) is 5.75 Å². The molecule has 0 spiro atoms. The van der Waals surface area contributed by atoms with Crippen molar-refractivity contribution in [3.8, 4) is 0 Å². The summed E-state index contributed by atoms with van der Waals surface area (Å²) < 4.78 is 1.96. The summed E-state index contributed by atoms with van der Waals surface area (Å²) in [6, 6.07) is 3.11. The van der Waals surface area contributed by atoms with Crippen LogP contribution < -0.4 is 5.32 Å². The summed E-state index contributed by atoms with van der Waals surface area (Å²) in [7, 11) is 0. The normalized spacial score (nSPS) is 12.5. The van der Waals surface area contributed by atoms with Gasteiger partial charge in [0.05, 0.1) is 11.4 Å². The molecule has 1 amide bonds. The second-order valence-corrected chi connectivity index (χ2v) is 6.81. The molecule has 124 valence electrons. The van der Waals surface area contributed by atoms with Gasteiger partial charge in [0.1, 0.15) is 11.7 Å². The number of rotatable bonds is 7. The Morgan fingerprint density at radius 2 is 2.09 bits per heavy atom. The van der Waals surface area contributed by atoms with Gasteiger partial charge in [-0.3, -0.25) is 4.79 Å². The fraction of sp³-hybridized carbons (Fsp3) is 0.438. The van der Waals surface area contributed by atoms with Crippen molar-refractivity contribution >= 4 is 29.3 Å². The molecule has 2 rings (SSSR count). The smallest absolute Gasteiger partial charge is 0.326 e. The van der Waals surface area contributed by atoms with Crippen LogP contribution in [-0.4, -0.2) is 38.2 Å². The Morgan fingerprint density at radius 3 is 2.74 bits per heavy atom. The predicted molar refractivity (Wildman–Crippen MR) is 90.5 cm³/mol. The molecule has 6 nitrogen and oxygen atoms in total. The lowest BCUT2D eigenvalue weighted by Crippen LogP contribution is -2.45. The summed E-state index contributed by atoms with van der Waals surface area (Å²) in [5.74, 6) is -0.607. The second kappa shape index (κ2) is 7.50. The highest BCUT2D eigenvalue weighted by molar-refractivity contribution is 7.99. The number of hydrogen-bond donors (Lipinski definition) is 2. The van der Waals surface area contributed by atoms with Crippen LogP contribution in [0.4, 0.5) is 0 Å². The van der Waals surface area contributed by atoms with Crippen LogP contribution in [-0.2, 0) is 15.3 Å². The Balaban J connectivity index is 1.85. The molecule has 0 fully saturated rings. The maximum absolute atomic E-state index is 11.8. The van der Waals surface area contributed by atoms with Crippen molar-refractivity contribution in [1.29, 1.82) is 0 Å². The van der Waals surface area contributed by atoms with E-state index in [1.54, 1.807) is 13.8 Å². The number of pyridine rings is 1. The number of aryl methyl sites for hydroxylation is 1. The number of carboxylic acid groups (broad SMARTS) is 1. The van der Waals surface area contributed by atoms with Gasteiger partial charge < -0.3 is 14.8 Å². The predicted octanol–water partition coefficient (Wildman–Crippen LogP) is 2.10. The molecule has 0 aliphatic carbocycles. The number of thioether (sulfide) groups is 1. The number of fused-ring (bicyclic) bond motifs is 1. The van der Waals surface area contributed by atoms with Crippen molar-refractivity contribution in [2.45, 2.75) is 32.6 Å². The van der Waals surface area contributed by atoms with E-state index in [-0.39, 0.29) is 17.6 Å². The third kappa shape index (κ3) is 4.72. The van der Waals surface area contributed by atoms with E-state index in [0.717, 1.165) is 16.9 Å². The molecule has 23 heavy (non-hydrogen) atoms. The number of carbonyl (C=O) groups is 2. The second-order valence-electron chi connectivity index (χ2n) is 5.82. The zero-order chi connectivity index (χ0) is 17.0. The molecule has 0 bridgehead atoms. The van der Waals surface area contributed by atoms with Gasteiger partial charge in [0.15, 0.2) is 0 Å². The SMILES string of the molecule is Cc1ccc2nc(CSCC(=O)N[C@@H](C(=O)O)C(C)C)cn2c1. The molecule has 0 aliphatic rings. The Bertz CT molecular complexity index is 712.